The van der Waals surface area contributed by atoms with E-state index in [1.54, 1.807) is 11.3 Å². The molecule has 0 saturated carbocycles. The molecule has 1 aromatic carbocycles. The molecular formula is C12H13BrO2S. The highest BCUT2D eigenvalue weighted by molar-refractivity contribution is 9.09. The van der Waals surface area contributed by atoms with Crippen molar-refractivity contribution in [2.75, 3.05) is 5.33 Å². The summed E-state index contributed by atoms with van der Waals surface area (Å²) in [6.45, 7) is 0. The second-order valence-corrected chi connectivity index (χ2v) is 5.41. The lowest BCUT2D eigenvalue weighted by Crippen LogP contribution is -2.18. The van der Waals surface area contributed by atoms with Crippen LogP contribution in [0, 0.1) is 0 Å². The van der Waals surface area contributed by atoms with Crippen LogP contribution in [0.2, 0.25) is 0 Å². The molecule has 2 N–H and O–H groups in total. The largest absolute Gasteiger partial charge is 0.390 e. The molecule has 0 aliphatic heterocycles. The number of rotatable bonds is 4. The molecule has 0 bridgehead atoms. The van der Waals surface area contributed by atoms with Gasteiger partial charge in [0.25, 0.3) is 0 Å². The monoisotopic (exact) mass is 300 g/mol. The van der Waals surface area contributed by atoms with Gasteiger partial charge in [0.15, 0.2) is 0 Å². The molecule has 0 fully saturated rings. The van der Waals surface area contributed by atoms with Gasteiger partial charge in [0.1, 0.15) is 6.10 Å². The van der Waals surface area contributed by atoms with Crippen LogP contribution in [0.25, 0.3) is 10.1 Å². The Labute approximate surface area is 107 Å². The van der Waals surface area contributed by atoms with Crippen LogP contribution in [0.5, 0.6) is 0 Å². The van der Waals surface area contributed by atoms with Gasteiger partial charge < -0.3 is 10.2 Å². The predicted octanol–water partition coefficient (Wildman–Crippen LogP) is 3.08. The number of thiophene rings is 1. The lowest BCUT2D eigenvalue weighted by molar-refractivity contribution is 0.0182. The van der Waals surface area contributed by atoms with E-state index in [0.29, 0.717) is 11.8 Å². The minimum atomic E-state index is -0.809. The summed E-state index contributed by atoms with van der Waals surface area (Å²) in [7, 11) is 0. The quantitative estimate of drug-likeness (QED) is 0.852. The number of benzene rings is 1. The summed E-state index contributed by atoms with van der Waals surface area (Å²) < 4.78 is 1.14. The molecule has 16 heavy (non-hydrogen) atoms. The van der Waals surface area contributed by atoms with E-state index in [9.17, 15) is 10.2 Å². The fourth-order valence-corrected chi connectivity index (χ4v) is 3.04. The topological polar surface area (TPSA) is 40.5 Å². The van der Waals surface area contributed by atoms with Gasteiger partial charge in [-0.2, -0.15) is 0 Å². The number of alkyl halides is 1. The standard InChI is InChI=1S/C12H13BrO2S/c13-6-4-10(14)12(15)9-2-1-3-11-8(9)5-7-16-11/h1-3,5,7,10,12,14-15H,4,6H2. The van der Waals surface area contributed by atoms with E-state index in [-0.39, 0.29) is 0 Å². The summed E-state index contributed by atoms with van der Waals surface area (Å²) in [6, 6.07) is 7.79. The zero-order chi connectivity index (χ0) is 11.5. The van der Waals surface area contributed by atoms with Gasteiger partial charge in [0, 0.05) is 10.0 Å². The van der Waals surface area contributed by atoms with Crippen molar-refractivity contribution in [3.8, 4) is 0 Å². The van der Waals surface area contributed by atoms with Gasteiger partial charge in [-0.05, 0) is 34.9 Å². The summed E-state index contributed by atoms with van der Waals surface area (Å²) in [4.78, 5) is 0. The molecule has 0 saturated heterocycles. The Hall–Kier alpha value is -0.420. The molecule has 2 rings (SSSR count). The zero-order valence-corrected chi connectivity index (χ0v) is 11.0. The predicted molar refractivity (Wildman–Crippen MR) is 71.2 cm³/mol. The number of hydrogen-bond donors (Lipinski definition) is 2. The Morgan fingerprint density at radius 2 is 2.06 bits per heavy atom. The third kappa shape index (κ3) is 2.30. The van der Waals surface area contributed by atoms with E-state index in [2.05, 4.69) is 15.9 Å². The zero-order valence-electron chi connectivity index (χ0n) is 8.64. The maximum atomic E-state index is 10.1. The smallest absolute Gasteiger partial charge is 0.105 e. The lowest BCUT2D eigenvalue weighted by Gasteiger charge is -2.18. The van der Waals surface area contributed by atoms with Crippen molar-refractivity contribution < 1.29 is 10.2 Å². The van der Waals surface area contributed by atoms with E-state index < -0.39 is 12.2 Å². The Bertz CT molecular complexity index is 469. The van der Waals surface area contributed by atoms with Gasteiger partial charge in [-0.3, -0.25) is 0 Å². The van der Waals surface area contributed by atoms with Crippen LogP contribution in [0.1, 0.15) is 18.1 Å². The summed E-state index contributed by atoms with van der Waals surface area (Å²) in [6.07, 6.45) is -0.984. The SMILES string of the molecule is OC(CCBr)C(O)c1cccc2sccc12. The third-order valence-electron chi connectivity index (χ3n) is 2.62. The second-order valence-electron chi connectivity index (χ2n) is 3.67. The van der Waals surface area contributed by atoms with E-state index >= 15 is 0 Å². The summed E-state index contributed by atoms with van der Waals surface area (Å²) in [5.41, 5.74) is 0.812. The Morgan fingerprint density at radius 3 is 2.81 bits per heavy atom. The average Bonchev–Trinajstić information content (AvgIpc) is 2.76. The van der Waals surface area contributed by atoms with Crippen LogP contribution in [0.4, 0.5) is 0 Å². The first-order valence-corrected chi connectivity index (χ1v) is 7.12. The van der Waals surface area contributed by atoms with Gasteiger partial charge in [0.2, 0.25) is 0 Å². The Kier molecular flexibility index (Phi) is 3.97. The minimum Gasteiger partial charge on any atom is -0.390 e. The van der Waals surface area contributed by atoms with E-state index in [1.165, 1.54) is 0 Å². The van der Waals surface area contributed by atoms with Crippen LogP contribution >= 0.6 is 27.3 Å². The van der Waals surface area contributed by atoms with E-state index in [0.717, 1.165) is 15.6 Å². The highest BCUT2D eigenvalue weighted by Crippen LogP contribution is 2.30. The van der Waals surface area contributed by atoms with Crippen molar-refractivity contribution in [3.63, 3.8) is 0 Å². The normalized spacial score (nSPS) is 15.2. The molecule has 86 valence electrons. The summed E-state index contributed by atoms with van der Waals surface area (Å²) >= 11 is 4.91. The number of fused-ring (bicyclic) bond motifs is 1. The molecular weight excluding hydrogens is 288 g/mol. The molecule has 2 unspecified atom stereocenters. The molecule has 0 spiro atoms. The molecule has 0 aliphatic rings. The minimum absolute atomic E-state index is 0.543. The van der Waals surface area contributed by atoms with Crippen LogP contribution in [-0.4, -0.2) is 21.6 Å². The van der Waals surface area contributed by atoms with E-state index in [1.807, 2.05) is 29.6 Å². The van der Waals surface area contributed by atoms with Gasteiger partial charge in [0.05, 0.1) is 6.10 Å². The van der Waals surface area contributed by atoms with Gasteiger partial charge >= 0.3 is 0 Å². The number of aliphatic hydroxyl groups is 2. The highest BCUT2D eigenvalue weighted by atomic mass is 79.9. The number of aliphatic hydroxyl groups excluding tert-OH is 2. The molecule has 0 amide bonds. The first-order chi connectivity index (χ1) is 7.74. The van der Waals surface area contributed by atoms with Gasteiger partial charge in [-0.25, -0.2) is 0 Å². The van der Waals surface area contributed by atoms with Crippen molar-refractivity contribution in [1.29, 1.82) is 0 Å². The molecule has 1 aromatic heterocycles. The second kappa shape index (κ2) is 5.27. The molecule has 2 aromatic rings. The first-order valence-electron chi connectivity index (χ1n) is 5.12. The van der Waals surface area contributed by atoms with Crippen LogP contribution < -0.4 is 0 Å². The van der Waals surface area contributed by atoms with Crippen molar-refractivity contribution >= 4 is 37.4 Å². The molecule has 1 heterocycles. The fraction of sp³-hybridized carbons (Fsp3) is 0.333. The van der Waals surface area contributed by atoms with Crippen LogP contribution in [-0.2, 0) is 0 Å². The molecule has 0 aliphatic carbocycles. The van der Waals surface area contributed by atoms with Crippen LogP contribution in [0.15, 0.2) is 29.6 Å². The maximum Gasteiger partial charge on any atom is 0.105 e. The molecule has 0 radical (unpaired) electrons. The molecule has 4 heteroatoms. The Balaban J connectivity index is 2.35. The molecule has 2 atom stereocenters. The van der Waals surface area contributed by atoms with Gasteiger partial charge in [-0.15, -0.1) is 11.3 Å². The number of hydrogen-bond acceptors (Lipinski definition) is 3. The molecule has 2 nitrogen and oxygen atoms in total. The van der Waals surface area contributed by atoms with Crippen molar-refractivity contribution in [2.24, 2.45) is 0 Å². The summed E-state index contributed by atoms with van der Waals surface area (Å²) in [5, 5.41) is 23.6. The maximum absolute atomic E-state index is 10.1. The number of halogens is 1. The van der Waals surface area contributed by atoms with E-state index in [4.69, 9.17) is 0 Å². The lowest BCUT2D eigenvalue weighted by atomic mass is 10.00. The fourth-order valence-electron chi connectivity index (χ4n) is 1.75. The first kappa shape index (κ1) is 12.0. The van der Waals surface area contributed by atoms with Crippen molar-refractivity contribution in [3.05, 3.63) is 35.2 Å². The summed E-state index contributed by atoms with van der Waals surface area (Å²) in [5.74, 6) is 0. The highest BCUT2D eigenvalue weighted by Gasteiger charge is 2.19. The van der Waals surface area contributed by atoms with Crippen molar-refractivity contribution in [2.45, 2.75) is 18.6 Å². The van der Waals surface area contributed by atoms with Gasteiger partial charge in [-0.1, -0.05) is 28.1 Å². The van der Waals surface area contributed by atoms with Crippen molar-refractivity contribution in [1.82, 2.24) is 0 Å². The van der Waals surface area contributed by atoms with Crippen LogP contribution in [0.3, 0.4) is 0 Å². The average molecular weight is 301 g/mol. The third-order valence-corrected chi connectivity index (χ3v) is 3.96. The Morgan fingerprint density at radius 1 is 1.25 bits per heavy atom.